The first-order chi connectivity index (χ1) is 10.6. The van der Waals surface area contributed by atoms with Crippen molar-refractivity contribution in [2.24, 2.45) is 0 Å². The third-order valence-electron chi connectivity index (χ3n) is 3.12. The van der Waals surface area contributed by atoms with Gasteiger partial charge in [0.05, 0.1) is 11.1 Å². The topological polar surface area (TPSA) is 95.1 Å². The van der Waals surface area contributed by atoms with E-state index in [9.17, 15) is 14.7 Å². The number of fused-ring (bicyclic) bond motifs is 1. The summed E-state index contributed by atoms with van der Waals surface area (Å²) in [6, 6.07) is 10.9. The van der Waals surface area contributed by atoms with Gasteiger partial charge in [0.25, 0.3) is 11.5 Å². The Morgan fingerprint density at radius 3 is 2.68 bits per heavy atom. The number of H-pyrrole nitrogens is 1. The second kappa shape index (κ2) is 5.50. The Hall–Kier alpha value is -2.86. The van der Waals surface area contributed by atoms with Crippen LogP contribution in [0.1, 0.15) is 10.5 Å². The fourth-order valence-electron chi connectivity index (χ4n) is 2.08. The summed E-state index contributed by atoms with van der Waals surface area (Å²) in [5.41, 5.74) is -0.165. The van der Waals surface area contributed by atoms with E-state index in [0.29, 0.717) is 15.8 Å². The van der Waals surface area contributed by atoms with Gasteiger partial charge in [0.15, 0.2) is 5.69 Å². The Labute approximate surface area is 129 Å². The average molecular weight is 316 g/mol. The Balaban J connectivity index is 2.05. The van der Waals surface area contributed by atoms with Crippen molar-refractivity contribution in [3.8, 4) is 5.75 Å². The molecule has 0 aliphatic heterocycles. The van der Waals surface area contributed by atoms with Gasteiger partial charge in [-0.1, -0.05) is 29.8 Å². The first-order valence-corrected chi connectivity index (χ1v) is 6.71. The standard InChI is InChI=1S/C15H10ClN3O3/c16-8-5-6-12(20)11(7-8)17-15(22)13-9-3-1-2-4-10(9)14(21)19-18-13/h1-7,20H,(H,17,22)(H,19,21). The molecule has 1 amide bonds. The lowest BCUT2D eigenvalue weighted by atomic mass is 10.1. The van der Waals surface area contributed by atoms with Crippen molar-refractivity contribution in [3.05, 3.63) is 63.5 Å². The molecule has 0 saturated carbocycles. The van der Waals surface area contributed by atoms with Crippen molar-refractivity contribution in [3.63, 3.8) is 0 Å². The van der Waals surface area contributed by atoms with Crippen LogP contribution in [0.15, 0.2) is 47.3 Å². The number of hydrogen-bond acceptors (Lipinski definition) is 4. The van der Waals surface area contributed by atoms with Crippen LogP contribution in [0.25, 0.3) is 10.8 Å². The fraction of sp³-hybridized carbons (Fsp3) is 0. The summed E-state index contributed by atoms with van der Waals surface area (Å²) in [4.78, 5) is 24.1. The smallest absolute Gasteiger partial charge is 0.276 e. The number of aromatic nitrogens is 2. The van der Waals surface area contributed by atoms with E-state index in [1.807, 2.05) is 0 Å². The van der Waals surface area contributed by atoms with E-state index >= 15 is 0 Å². The van der Waals surface area contributed by atoms with Crippen LogP contribution < -0.4 is 10.9 Å². The number of halogens is 1. The molecule has 0 saturated heterocycles. The summed E-state index contributed by atoms with van der Waals surface area (Å²) < 4.78 is 0. The van der Waals surface area contributed by atoms with Crippen LogP contribution in [-0.4, -0.2) is 21.2 Å². The second-order valence-corrected chi connectivity index (χ2v) is 5.00. The largest absolute Gasteiger partial charge is 0.506 e. The molecule has 0 bridgehead atoms. The lowest BCUT2D eigenvalue weighted by molar-refractivity contribution is 0.102. The van der Waals surface area contributed by atoms with E-state index in [1.165, 1.54) is 18.2 Å². The minimum absolute atomic E-state index is 0.0505. The zero-order valence-corrected chi connectivity index (χ0v) is 11.9. The van der Waals surface area contributed by atoms with E-state index in [1.54, 1.807) is 24.3 Å². The quantitative estimate of drug-likeness (QED) is 0.633. The Morgan fingerprint density at radius 2 is 1.91 bits per heavy atom. The summed E-state index contributed by atoms with van der Waals surface area (Å²) in [7, 11) is 0. The number of anilines is 1. The number of aromatic hydroxyl groups is 1. The van der Waals surface area contributed by atoms with Crippen LogP contribution in [-0.2, 0) is 0 Å². The molecule has 6 nitrogen and oxygen atoms in total. The number of nitrogens with zero attached hydrogens (tertiary/aromatic N) is 1. The predicted molar refractivity (Wildman–Crippen MR) is 83.4 cm³/mol. The second-order valence-electron chi connectivity index (χ2n) is 4.56. The van der Waals surface area contributed by atoms with Gasteiger partial charge in [-0.3, -0.25) is 9.59 Å². The van der Waals surface area contributed by atoms with Crippen LogP contribution in [0.4, 0.5) is 5.69 Å². The molecule has 1 aromatic heterocycles. The van der Waals surface area contributed by atoms with Gasteiger partial charge in [-0.2, -0.15) is 5.10 Å². The van der Waals surface area contributed by atoms with E-state index < -0.39 is 5.91 Å². The number of hydrogen-bond donors (Lipinski definition) is 3. The summed E-state index contributed by atoms with van der Waals surface area (Å²) in [6.07, 6.45) is 0. The number of amides is 1. The molecular weight excluding hydrogens is 306 g/mol. The maximum absolute atomic E-state index is 12.4. The van der Waals surface area contributed by atoms with Gasteiger partial charge < -0.3 is 10.4 Å². The molecule has 3 N–H and O–H groups in total. The van der Waals surface area contributed by atoms with E-state index in [2.05, 4.69) is 15.5 Å². The molecule has 0 unspecified atom stereocenters. The number of aromatic amines is 1. The monoisotopic (exact) mass is 315 g/mol. The Morgan fingerprint density at radius 1 is 1.18 bits per heavy atom. The van der Waals surface area contributed by atoms with E-state index in [4.69, 9.17) is 11.6 Å². The van der Waals surface area contributed by atoms with Gasteiger partial charge >= 0.3 is 0 Å². The van der Waals surface area contributed by atoms with Crippen molar-refractivity contribution in [1.82, 2.24) is 10.2 Å². The number of carbonyl (C=O) groups excluding carboxylic acids is 1. The van der Waals surface area contributed by atoms with Gasteiger partial charge in [-0.15, -0.1) is 0 Å². The number of phenolic OH excluding ortho intramolecular Hbond substituents is 1. The van der Waals surface area contributed by atoms with Crippen molar-refractivity contribution in [1.29, 1.82) is 0 Å². The first-order valence-electron chi connectivity index (χ1n) is 6.33. The van der Waals surface area contributed by atoms with Gasteiger partial charge in [0.1, 0.15) is 5.75 Å². The summed E-state index contributed by atoms with van der Waals surface area (Å²) in [6.45, 7) is 0. The lowest BCUT2D eigenvalue weighted by Crippen LogP contribution is -2.19. The minimum Gasteiger partial charge on any atom is -0.506 e. The zero-order valence-electron chi connectivity index (χ0n) is 11.1. The van der Waals surface area contributed by atoms with Gasteiger partial charge in [0, 0.05) is 10.4 Å². The molecule has 110 valence electrons. The molecule has 7 heteroatoms. The van der Waals surface area contributed by atoms with Crippen LogP contribution in [0, 0.1) is 0 Å². The molecule has 0 aliphatic rings. The molecule has 22 heavy (non-hydrogen) atoms. The Bertz CT molecular complexity index is 937. The Kier molecular flexibility index (Phi) is 3.52. The predicted octanol–water partition coefficient (Wildman–Crippen LogP) is 2.53. The van der Waals surface area contributed by atoms with E-state index in [-0.39, 0.29) is 22.7 Å². The first kappa shape index (κ1) is 14.1. The van der Waals surface area contributed by atoms with Crippen LogP contribution in [0.2, 0.25) is 5.02 Å². The third kappa shape index (κ3) is 2.51. The van der Waals surface area contributed by atoms with Crippen molar-refractivity contribution >= 4 is 34.0 Å². The summed E-state index contributed by atoms with van der Waals surface area (Å²) in [5, 5.41) is 19.5. The maximum atomic E-state index is 12.4. The zero-order chi connectivity index (χ0) is 15.7. The van der Waals surface area contributed by atoms with Gasteiger partial charge in [0.2, 0.25) is 0 Å². The van der Waals surface area contributed by atoms with E-state index in [0.717, 1.165) is 0 Å². The molecule has 0 fully saturated rings. The SMILES string of the molecule is O=C(Nc1cc(Cl)ccc1O)c1n[nH]c(=O)c2ccccc12. The number of benzene rings is 2. The maximum Gasteiger partial charge on any atom is 0.276 e. The highest BCUT2D eigenvalue weighted by atomic mass is 35.5. The van der Waals surface area contributed by atoms with Crippen LogP contribution >= 0.6 is 11.6 Å². The molecule has 1 heterocycles. The van der Waals surface area contributed by atoms with Crippen molar-refractivity contribution in [2.75, 3.05) is 5.32 Å². The van der Waals surface area contributed by atoms with Gasteiger partial charge in [-0.05, 0) is 24.3 Å². The molecule has 0 spiro atoms. The summed E-state index contributed by atoms with van der Waals surface area (Å²) >= 11 is 5.84. The molecular formula is C15H10ClN3O3. The van der Waals surface area contributed by atoms with Crippen LogP contribution in [0.3, 0.4) is 0 Å². The molecule has 0 aliphatic carbocycles. The lowest BCUT2D eigenvalue weighted by Gasteiger charge is -2.08. The highest BCUT2D eigenvalue weighted by Gasteiger charge is 2.15. The van der Waals surface area contributed by atoms with Crippen LogP contribution in [0.5, 0.6) is 5.75 Å². The normalized spacial score (nSPS) is 10.6. The minimum atomic E-state index is -0.565. The molecule has 3 aromatic rings. The number of phenols is 1. The fourth-order valence-corrected chi connectivity index (χ4v) is 2.25. The highest BCUT2D eigenvalue weighted by Crippen LogP contribution is 2.27. The molecule has 0 radical (unpaired) electrons. The highest BCUT2D eigenvalue weighted by molar-refractivity contribution is 6.31. The number of carbonyl (C=O) groups is 1. The number of rotatable bonds is 2. The average Bonchev–Trinajstić information content (AvgIpc) is 2.51. The third-order valence-corrected chi connectivity index (χ3v) is 3.35. The summed E-state index contributed by atoms with van der Waals surface area (Å²) in [5.74, 6) is -0.684. The molecule has 3 rings (SSSR count). The molecule has 2 aromatic carbocycles. The van der Waals surface area contributed by atoms with Crippen molar-refractivity contribution < 1.29 is 9.90 Å². The number of nitrogens with one attached hydrogen (secondary N) is 2. The van der Waals surface area contributed by atoms with Gasteiger partial charge in [-0.25, -0.2) is 5.10 Å². The molecule has 0 atom stereocenters. The van der Waals surface area contributed by atoms with Crippen molar-refractivity contribution in [2.45, 2.75) is 0 Å².